The Hall–Kier alpha value is -1.43. The number of nitrogens with two attached hydrogens (primary N) is 1. The lowest BCUT2D eigenvalue weighted by Gasteiger charge is -2.31. The number of carbonyl (C=O) groups excluding carboxylic acids is 1. The van der Waals surface area contributed by atoms with Crippen LogP contribution in [0.25, 0.3) is 0 Å². The summed E-state index contributed by atoms with van der Waals surface area (Å²) < 4.78 is 5.39. The van der Waals surface area contributed by atoms with Crippen molar-refractivity contribution in [3.63, 3.8) is 0 Å². The number of morpholine rings is 1. The van der Waals surface area contributed by atoms with Gasteiger partial charge in [0.1, 0.15) is 0 Å². The summed E-state index contributed by atoms with van der Waals surface area (Å²) in [5.74, 6) is 0.0969. The van der Waals surface area contributed by atoms with Crippen molar-refractivity contribution in [2.45, 2.75) is 25.3 Å². The molecule has 5 heteroatoms. The summed E-state index contributed by atoms with van der Waals surface area (Å²) in [4.78, 5) is 14.4. The molecular formula is C17H27N3O2. The summed E-state index contributed by atoms with van der Waals surface area (Å²) in [6, 6.07) is 10.4. The lowest BCUT2D eigenvalue weighted by atomic mass is 10.0. The van der Waals surface area contributed by atoms with Crippen LogP contribution >= 0.6 is 0 Å². The van der Waals surface area contributed by atoms with Crippen molar-refractivity contribution in [2.24, 2.45) is 5.73 Å². The van der Waals surface area contributed by atoms with Gasteiger partial charge in [-0.25, -0.2) is 0 Å². The topological polar surface area (TPSA) is 67.6 Å². The van der Waals surface area contributed by atoms with Gasteiger partial charge in [-0.2, -0.15) is 0 Å². The van der Waals surface area contributed by atoms with Crippen LogP contribution in [0.1, 0.15) is 18.4 Å². The molecule has 1 fully saturated rings. The fraction of sp³-hybridized carbons (Fsp3) is 0.588. The van der Waals surface area contributed by atoms with Crippen LogP contribution in [0.2, 0.25) is 0 Å². The fourth-order valence-electron chi connectivity index (χ4n) is 2.72. The highest BCUT2D eigenvalue weighted by Gasteiger charge is 2.18. The second-order valence-electron chi connectivity index (χ2n) is 5.76. The van der Waals surface area contributed by atoms with Crippen molar-refractivity contribution in [3.05, 3.63) is 35.9 Å². The van der Waals surface area contributed by atoms with E-state index in [9.17, 15) is 4.79 Å². The zero-order valence-electron chi connectivity index (χ0n) is 13.2. The van der Waals surface area contributed by atoms with Crippen molar-refractivity contribution in [1.29, 1.82) is 0 Å². The quantitative estimate of drug-likeness (QED) is 0.745. The van der Waals surface area contributed by atoms with E-state index in [0.29, 0.717) is 13.0 Å². The minimum absolute atomic E-state index is 0.0969. The predicted octanol–water partition coefficient (Wildman–Crippen LogP) is 0.785. The van der Waals surface area contributed by atoms with E-state index in [1.165, 1.54) is 5.56 Å². The van der Waals surface area contributed by atoms with Crippen molar-refractivity contribution < 1.29 is 9.53 Å². The lowest BCUT2D eigenvalue weighted by Crippen LogP contribution is -2.48. The average Bonchev–Trinajstić information content (AvgIpc) is 2.55. The van der Waals surface area contributed by atoms with Crippen molar-refractivity contribution in [1.82, 2.24) is 10.2 Å². The molecule has 0 radical (unpaired) electrons. The number of rotatable bonds is 8. The Morgan fingerprint density at radius 3 is 2.68 bits per heavy atom. The van der Waals surface area contributed by atoms with E-state index in [-0.39, 0.29) is 11.9 Å². The molecule has 22 heavy (non-hydrogen) atoms. The number of hydrogen-bond acceptors (Lipinski definition) is 4. The Bertz CT molecular complexity index is 433. The highest BCUT2D eigenvalue weighted by molar-refractivity contribution is 5.76. The van der Waals surface area contributed by atoms with Crippen molar-refractivity contribution in [2.75, 3.05) is 39.4 Å². The molecule has 0 spiro atoms. The molecule has 1 atom stereocenters. The number of amides is 1. The maximum Gasteiger partial charge on any atom is 0.220 e. The number of ether oxygens (including phenoxy) is 1. The van der Waals surface area contributed by atoms with Crippen LogP contribution < -0.4 is 11.1 Å². The van der Waals surface area contributed by atoms with E-state index in [4.69, 9.17) is 10.5 Å². The van der Waals surface area contributed by atoms with Gasteiger partial charge in [-0.3, -0.25) is 9.69 Å². The number of hydrogen-bond donors (Lipinski definition) is 2. The largest absolute Gasteiger partial charge is 0.379 e. The zero-order chi connectivity index (χ0) is 15.6. The van der Waals surface area contributed by atoms with Crippen molar-refractivity contribution >= 4 is 5.91 Å². The minimum atomic E-state index is 0.0969. The van der Waals surface area contributed by atoms with Crippen LogP contribution in [0.15, 0.2) is 30.3 Å². The number of benzene rings is 1. The molecule has 1 aliphatic rings. The molecule has 3 N–H and O–H groups in total. The molecule has 0 aromatic heterocycles. The monoisotopic (exact) mass is 305 g/mol. The number of carbonyl (C=O) groups is 1. The average molecular weight is 305 g/mol. The molecule has 1 saturated heterocycles. The van der Waals surface area contributed by atoms with E-state index in [1.54, 1.807) is 0 Å². The molecule has 1 amide bonds. The minimum Gasteiger partial charge on any atom is -0.379 e. The van der Waals surface area contributed by atoms with E-state index < -0.39 is 0 Å². The van der Waals surface area contributed by atoms with Crippen LogP contribution in [0, 0.1) is 0 Å². The van der Waals surface area contributed by atoms with E-state index in [0.717, 1.165) is 45.7 Å². The second kappa shape index (κ2) is 9.56. The Labute approximate surface area is 132 Å². The third-order valence-corrected chi connectivity index (χ3v) is 3.88. The standard InChI is InChI=1S/C17H27N3O2/c18-8-4-7-17(21)19-16(13-15-5-2-1-3-6-15)14-20-9-11-22-12-10-20/h1-3,5-6,16H,4,7-14,18H2,(H,19,21). The SMILES string of the molecule is NCCCC(=O)NC(Cc1ccccc1)CN1CCOCC1. The van der Waals surface area contributed by atoms with E-state index in [2.05, 4.69) is 22.3 Å². The molecule has 122 valence electrons. The highest BCUT2D eigenvalue weighted by Crippen LogP contribution is 2.07. The first-order valence-corrected chi connectivity index (χ1v) is 8.11. The molecule has 1 aromatic carbocycles. The third-order valence-electron chi connectivity index (χ3n) is 3.88. The van der Waals surface area contributed by atoms with Gasteiger partial charge in [0.05, 0.1) is 13.2 Å². The fourth-order valence-corrected chi connectivity index (χ4v) is 2.72. The first-order chi connectivity index (χ1) is 10.8. The lowest BCUT2D eigenvalue weighted by molar-refractivity contribution is -0.122. The Kier molecular flexibility index (Phi) is 7.36. The van der Waals surface area contributed by atoms with Gasteiger partial charge < -0.3 is 15.8 Å². The molecule has 0 saturated carbocycles. The molecule has 2 rings (SSSR count). The van der Waals surface area contributed by atoms with Crippen LogP contribution in [0.3, 0.4) is 0 Å². The van der Waals surface area contributed by atoms with Crippen LogP contribution in [0.5, 0.6) is 0 Å². The summed E-state index contributed by atoms with van der Waals surface area (Å²) in [5.41, 5.74) is 6.73. The molecule has 1 aliphatic heterocycles. The zero-order valence-corrected chi connectivity index (χ0v) is 13.2. The van der Waals surface area contributed by atoms with E-state index in [1.807, 2.05) is 18.2 Å². The first kappa shape index (κ1) is 16.9. The third kappa shape index (κ3) is 6.13. The van der Waals surface area contributed by atoms with Gasteiger partial charge in [-0.05, 0) is 24.9 Å². The first-order valence-electron chi connectivity index (χ1n) is 8.11. The van der Waals surface area contributed by atoms with Gasteiger partial charge in [0.15, 0.2) is 0 Å². The van der Waals surface area contributed by atoms with Crippen molar-refractivity contribution in [3.8, 4) is 0 Å². The van der Waals surface area contributed by atoms with Crippen LogP contribution in [-0.2, 0) is 16.0 Å². The van der Waals surface area contributed by atoms with Crippen LogP contribution in [-0.4, -0.2) is 56.2 Å². The number of nitrogens with one attached hydrogen (secondary N) is 1. The molecule has 1 unspecified atom stereocenters. The second-order valence-corrected chi connectivity index (χ2v) is 5.76. The summed E-state index contributed by atoms with van der Waals surface area (Å²) in [6.07, 6.45) is 2.10. The molecular weight excluding hydrogens is 278 g/mol. The van der Waals surface area contributed by atoms with Crippen LogP contribution in [0.4, 0.5) is 0 Å². The summed E-state index contributed by atoms with van der Waals surface area (Å²) >= 11 is 0. The predicted molar refractivity (Wildman–Crippen MR) is 87.6 cm³/mol. The molecule has 0 aliphatic carbocycles. The molecule has 1 aromatic rings. The summed E-state index contributed by atoms with van der Waals surface area (Å²) in [6.45, 7) is 4.85. The van der Waals surface area contributed by atoms with Gasteiger partial charge >= 0.3 is 0 Å². The Balaban J connectivity index is 1.91. The summed E-state index contributed by atoms with van der Waals surface area (Å²) in [7, 11) is 0. The molecule has 5 nitrogen and oxygen atoms in total. The smallest absolute Gasteiger partial charge is 0.220 e. The Morgan fingerprint density at radius 2 is 2.00 bits per heavy atom. The van der Waals surface area contributed by atoms with Gasteiger partial charge in [-0.1, -0.05) is 30.3 Å². The number of nitrogens with zero attached hydrogens (tertiary/aromatic N) is 1. The van der Waals surface area contributed by atoms with Gasteiger partial charge in [-0.15, -0.1) is 0 Å². The Morgan fingerprint density at radius 1 is 1.27 bits per heavy atom. The molecule has 0 bridgehead atoms. The highest BCUT2D eigenvalue weighted by atomic mass is 16.5. The van der Waals surface area contributed by atoms with E-state index >= 15 is 0 Å². The maximum absolute atomic E-state index is 12.0. The van der Waals surface area contributed by atoms with Gasteiger partial charge in [0.2, 0.25) is 5.91 Å². The normalized spacial score (nSPS) is 17.1. The maximum atomic E-state index is 12.0. The molecule has 1 heterocycles. The van der Waals surface area contributed by atoms with Gasteiger partial charge in [0, 0.05) is 32.1 Å². The summed E-state index contributed by atoms with van der Waals surface area (Å²) in [5, 5.41) is 3.17. The van der Waals surface area contributed by atoms with Gasteiger partial charge in [0.25, 0.3) is 0 Å².